The van der Waals surface area contributed by atoms with Crippen molar-refractivity contribution in [3.05, 3.63) is 58.6 Å². The smallest absolute Gasteiger partial charge is 0.243 e. The Labute approximate surface area is 133 Å². The van der Waals surface area contributed by atoms with Gasteiger partial charge in [0.05, 0.1) is 12.0 Å². The molecule has 6 heteroatoms. The molecule has 112 valence electrons. The van der Waals surface area contributed by atoms with Crippen LogP contribution in [0, 0.1) is 0 Å². The van der Waals surface area contributed by atoms with Gasteiger partial charge >= 0.3 is 0 Å². The van der Waals surface area contributed by atoms with Gasteiger partial charge in [-0.15, -0.1) is 0 Å². The predicted molar refractivity (Wildman–Crippen MR) is 85.8 cm³/mol. The van der Waals surface area contributed by atoms with Crippen molar-refractivity contribution < 1.29 is 13.2 Å². The molecular formula is C15H16BrNO3S. The maximum atomic E-state index is 12.5. The standard InChI is InChI=1S/C15H16BrNO3S/c1-17(11-12-5-3-4-6-15(12)16)21(18,19)14-9-7-13(20-2)8-10-14/h3-10H,11H2,1-2H3. The Bertz CT molecular complexity index is 714. The van der Waals surface area contributed by atoms with Crippen molar-refractivity contribution in [3.63, 3.8) is 0 Å². The first-order valence-corrected chi connectivity index (χ1v) is 8.52. The summed E-state index contributed by atoms with van der Waals surface area (Å²) in [6, 6.07) is 13.9. The van der Waals surface area contributed by atoms with Gasteiger partial charge in [0.2, 0.25) is 10.0 Å². The minimum atomic E-state index is -3.52. The first-order chi connectivity index (χ1) is 9.95. The van der Waals surface area contributed by atoms with E-state index in [1.807, 2.05) is 24.3 Å². The Kier molecular flexibility index (Phi) is 5.03. The third-order valence-electron chi connectivity index (χ3n) is 3.12. The fourth-order valence-electron chi connectivity index (χ4n) is 1.88. The second-order valence-electron chi connectivity index (χ2n) is 4.53. The fraction of sp³-hybridized carbons (Fsp3) is 0.200. The predicted octanol–water partition coefficient (Wildman–Crippen LogP) is 3.28. The zero-order valence-corrected chi connectivity index (χ0v) is 14.2. The van der Waals surface area contributed by atoms with E-state index in [1.54, 1.807) is 38.4 Å². The highest BCUT2D eigenvalue weighted by molar-refractivity contribution is 9.10. The molecule has 0 heterocycles. The van der Waals surface area contributed by atoms with Crippen molar-refractivity contribution >= 4 is 26.0 Å². The summed E-state index contributed by atoms with van der Waals surface area (Å²) in [6.45, 7) is 0.301. The van der Waals surface area contributed by atoms with E-state index in [0.717, 1.165) is 10.0 Å². The molecule has 2 rings (SSSR count). The number of methoxy groups -OCH3 is 1. The molecule has 0 aliphatic heterocycles. The summed E-state index contributed by atoms with van der Waals surface area (Å²) in [6.07, 6.45) is 0. The molecule has 0 N–H and O–H groups in total. The maximum Gasteiger partial charge on any atom is 0.243 e. The van der Waals surface area contributed by atoms with Crippen LogP contribution in [0.3, 0.4) is 0 Å². The molecule has 0 aliphatic rings. The van der Waals surface area contributed by atoms with Crippen LogP contribution >= 0.6 is 15.9 Å². The van der Waals surface area contributed by atoms with E-state index in [1.165, 1.54) is 4.31 Å². The lowest BCUT2D eigenvalue weighted by Gasteiger charge is -2.18. The SMILES string of the molecule is COc1ccc(S(=O)(=O)N(C)Cc2ccccc2Br)cc1. The largest absolute Gasteiger partial charge is 0.497 e. The van der Waals surface area contributed by atoms with Crippen LogP contribution in [0.1, 0.15) is 5.56 Å². The van der Waals surface area contributed by atoms with E-state index in [0.29, 0.717) is 12.3 Å². The second kappa shape index (κ2) is 6.60. The van der Waals surface area contributed by atoms with Gasteiger partial charge in [0.1, 0.15) is 5.75 Å². The van der Waals surface area contributed by atoms with E-state index in [-0.39, 0.29) is 4.90 Å². The lowest BCUT2D eigenvalue weighted by molar-refractivity contribution is 0.414. The number of hydrogen-bond acceptors (Lipinski definition) is 3. The summed E-state index contributed by atoms with van der Waals surface area (Å²) in [5, 5.41) is 0. The first kappa shape index (κ1) is 16.0. The normalized spacial score (nSPS) is 11.6. The molecule has 2 aromatic rings. The number of ether oxygens (including phenoxy) is 1. The molecule has 0 spiro atoms. The van der Waals surface area contributed by atoms with Crippen LogP contribution in [0.25, 0.3) is 0 Å². The van der Waals surface area contributed by atoms with Crippen LogP contribution in [-0.4, -0.2) is 26.9 Å². The van der Waals surface area contributed by atoms with Crippen LogP contribution in [-0.2, 0) is 16.6 Å². The Hall–Kier alpha value is -1.37. The van der Waals surface area contributed by atoms with Crippen LogP contribution in [0.4, 0.5) is 0 Å². The van der Waals surface area contributed by atoms with Gasteiger partial charge in [0.25, 0.3) is 0 Å². The molecule has 0 bridgehead atoms. The molecule has 2 aromatic carbocycles. The minimum Gasteiger partial charge on any atom is -0.497 e. The van der Waals surface area contributed by atoms with Crippen molar-refractivity contribution in [2.24, 2.45) is 0 Å². The zero-order valence-electron chi connectivity index (χ0n) is 11.8. The van der Waals surface area contributed by atoms with Gasteiger partial charge in [-0.05, 0) is 35.9 Å². The number of halogens is 1. The molecule has 0 aliphatic carbocycles. The lowest BCUT2D eigenvalue weighted by Crippen LogP contribution is -2.26. The minimum absolute atomic E-state index is 0.248. The number of benzene rings is 2. The Morgan fingerprint density at radius 1 is 1.10 bits per heavy atom. The number of sulfonamides is 1. The molecule has 0 unspecified atom stereocenters. The van der Waals surface area contributed by atoms with Gasteiger partial charge in [-0.2, -0.15) is 4.31 Å². The molecule has 4 nitrogen and oxygen atoms in total. The van der Waals surface area contributed by atoms with E-state index in [2.05, 4.69) is 15.9 Å². The highest BCUT2D eigenvalue weighted by Crippen LogP contribution is 2.22. The Morgan fingerprint density at radius 3 is 2.29 bits per heavy atom. The van der Waals surface area contributed by atoms with Gasteiger partial charge in [0, 0.05) is 18.1 Å². The molecule has 0 radical (unpaired) electrons. The summed E-state index contributed by atoms with van der Waals surface area (Å²) in [4.78, 5) is 0.248. The summed E-state index contributed by atoms with van der Waals surface area (Å²) in [5.74, 6) is 0.627. The first-order valence-electron chi connectivity index (χ1n) is 6.29. The molecular weight excluding hydrogens is 354 g/mol. The van der Waals surface area contributed by atoms with E-state index in [4.69, 9.17) is 4.74 Å². The molecule has 0 saturated carbocycles. The quantitative estimate of drug-likeness (QED) is 0.812. The van der Waals surface area contributed by atoms with Gasteiger partial charge in [-0.25, -0.2) is 8.42 Å². The molecule has 0 saturated heterocycles. The van der Waals surface area contributed by atoms with Crippen molar-refractivity contribution in [3.8, 4) is 5.75 Å². The lowest BCUT2D eigenvalue weighted by atomic mass is 10.2. The fourth-order valence-corrected chi connectivity index (χ4v) is 3.44. The maximum absolute atomic E-state index is 12.5. The number of hydrogen-bond donors (Lipinski definition) is 0. The Morgan fingerprint density at radius 2 is 1.71 bits per heavy atom. The topological polar surface area (TPSA) is 46.6 Å². The molecule has 0 atom stereocenters. The van der Waals surface area contributed by atoms with Crippen LogP contribution < -0.4 is 4.74 Å². The highest BCUT2D eigenvalue weighted by Gasteiger charge is 2.21. The van der Waals surface area contributed by atoms with Crippen molar-refractivity contribution in [2.75, 3.05) is 14.2 Å². The number of rotatable bonds is 5. The van der Waals surface area contributed by atoms with Crippen molar-refractivity contribution in [1.82, 2.24) is 4.31 Å². The van der Waals surface area contributed by atoms with Crippen molar-refractivity contribution in [1.29, 1.82) is 0 Å². The number of nitrogens with zero attached hydrogens (tertiary/aromatic N) is 1. The highest BCUT2D eigenvalue weighted by atomic mass is 79.9. The molecule has 21 heavy (non-hydrogen) atoms. The second-order valence-corrected chi connectivity index (χ2v) is 7.43. The third kappa shape index (κ3) is 3.64. The van der Waals surface area contributed by atoms with E-state index >= 15 is 0 Å². The third-order valence-corrected chi connectivity index (χ3v) is 5.71. The van der Waals surface area contributed by atoms with Crippen LogP contribution in [0.5, 0.6) is 5.75 Å². The monoisotopic (exact) mass is 369 g/mol. The van der Waals surface area contributed by atoms with Crippen LogP contribution in [0.2, 0.25) is 0 Å². The average Bonchev–Trinajstić information content (AvgIpc) is 2.49. The Balaban J connectivity index is 2.24. The summed E-state index contributed by atoms with van der Waals surface area (Å²) >= 11 is 3.43. The molecule has 0 amide bonds. The molecule has 0 aromatic heterocycles. The van der Waals surface area contributed by atoms with E-state index < -0.39 is 10.0 Å². The van der Waals surface area contributed by atoms with Gasteiger partial charge in [0.15, 0.2) is 0 Å². The summed E-state index contributed by atoms with van der Waals surface area (Å²) in [5.41, 5.74) is 0.914. The molecule has 0 fully saturated rings. The van der Waals surface area contributed by atoms with Gasteiger partial charge in [-0.3, -0.25) is 0 Å². The van der Waals surface area contributed by atoms with Crippen LogP contribution in [0.15, 0.2) is 57.9 Å². The average molecular weight is 370 g/mol. The van der Waals surface area contributed by atoms with Gasteiger partial charge < -0.3 is 4.74 Å². The summed E-state index contributed by atoms with van der Waals surface area (Å²) < 4.78 is 32.3. The summed E-state index contributed by atoms with van der Waals surface area (Å²) in [7, 11) is -0.409. The zero-order chi connectivity index (χ0) is 15.5. The van der Waals surface area contributed by atoms with E-state index in [9.17, 15) is 8.42 Å². The van der Waals surface area contributed by atoms with Gasteiger partial charge in [-0.1, -0.05) is 34.1 Å². The van der Waals surface area contributed by atoms with Crippen molar-refractivity contribution in [2.45, 2.75) is 11.4 Å².